The van der Waals surface area contributed by atoms with E-state index in [1.165, 1.54) is 12.4 Å². The van der Waals surface area contributed by atoms with Crippen LogP contribution in [-0.2, 0) is 0 Å². The van der Waals surface area contributed by atoms with Gasteiger partial charge < -0.3 is 21.1 Å². The number of hydrogen-bond donors (Lipinski definition) is 4. The number of nitriles is 1. The van der Waals surface area contributed by atoms with Crippen LogP contribution in [0.3, 0.4) is 0 Å². The molecule has 2 aromatic heterocycles. The molecule has 9 heteroatoms. The van der Waals surface area contributed by atoms with Gasteiger partial charge in [-0.1, -0.05) is 13.8 Å². The highest BCUT2D eigenvalue weighted by atomic mass is 19.1. The van der Waals surface area contributed by atoms with Crippen LogP contribution in [0.2, 0.25) is 0 Å². The number of amides is 1. The molecule has 1 saturated carbocycles. The third-order valence-corrected chi connectivity index (χ3v) is 6.14. The molecule has 0 aliphatic heterocycles. The average molecular weight is 455 g/mol. The van der Waals surface area contributed by atoms with E-state index in [-0.39, 0.29) is 22.7 Å². The zero-order chi connectivity index (χ0) is 24.2. The van der Waals surface area contributed by atoms with Crippen LogP contribution in [0, 0.1) is 28.5 Å². The number of halogens is 1. The number of anilines is 3. The van der Waals surface area contributed by atoms with Gasteiger partial charge in [0.15, 0.2) is 11.6 Å². The van der Waals surface area contributed by atoms with E-state index in [0.717, 1.165) is 25.3 Å². The van der Waals surface area contributed by atoms with Crippen LogP contribution in [0.25, 0.3) is 0 Å². The number of hydrogen-bond acceptors (Lipinski definition) is 7. The van der Waals surface area contributed by atoms with Crippen LogP contribution in [0.1, 0.15) is 62.9 Å². The first kappa shape index (κ1) is 24.4. The minimum absolute atomic E-state index is 0.0623. The Hall–Kier alpha value is -3.25. The number of aliphatic hydroxyl groups is 1. The molecule has 0 atom stereocenters. The molecular weight excluding hydrogens is 423 g/mol. The van der Waals surface area contributed by atoms with Crippen molar-refractivity contribution in [3.05, 3.63) is 41.5 Å². The number of carbonyl (C=O) groups is 1. The Morgan fingerprint density at radius 3 is 2.61 bits per heavy atom. The third-order valence-electron chi connectivity index (χ3n) is 6.14. The van der Waals surface area contributed by atoms with Crippen molar-refractivity contribution in [1.82, 2.24) is 15.3 Å². The fourth-order valence-corrected chi connectivity index (χ4v) is 3.56. The summed E-state index contributed by atoms with van der Waals surface area (Å²) >= 11 is 0. The third kappa shape index (κ3) is 5.96. The summed E-state index contributed by atoms with van der Waals surface area (Å²) in [5.74, 6) is -0.238. The lowest BCUT2D eigenvalue weighted by atomic mass is 9.87. The zero-order valence-electron chi connectivity index (χ0n) is 19.5. The molecule has 1 amide bonds. The standard InChI is InChI=1S/C24H31FN6O2/c1-15(2)5-8-27-19-10-20(31-21-18(25)9-16(11-26)12-29-21)28-13-17(19)22(32)30-14-24(6-7-24)23(3,4)33/h9-10,12-13,15,33H,5-8,14H2,1-4H3,(H,30,32)(H2,27,28,29,31). The summed E-state index contributed by atoms with van der Waals surface area (Å²) in [6.45, 7) is 8.78. The van der Waals surface area contributed by atoms with Crippen molar-refractivity contribution in [1.29, 1.82) is 5.26 Å². The van der Waals surface area contributed by atoms with Gasteiger partial charge in [0.05, 0.1) is 22.4 Å². The van der Waals surface area contributed by atoms with Crippen molar-refractivity contribution in [2.45, 2.75) is 52.6 Å². The quantitative estimate of drug-likeness (QED) is 0.428. The van der Waals surface area contributed by atoms with Crippen molar-refractivity contribution in [3.8, 4) is 6.07 Å². The maximum Gasteiger partial charge on any atom is 0.254 e. The summed E-state index contributed by atoms with van der Waals surface area (Å²) in [4.78, 5) is 21.2. The largest absolute Gasteiger partial charge is 0.390 e. The Balaban J connectivity index is 1.79. The molecule has 0 radical (unpaired) electrons. The molecule has 1 fully saturated rings. The van der Waals surface area contributed by atoms with Crippen LogP contribution >= 0.6 is 0 Å². The van der Waals surface area contributed by atoms with Crippen LogP contribution in [0.4, 0.5) is 21.7 Å². The lowest BCUT2D eigenvalue weighted by Crippen LogP contribution is -2.42. The van der Waals surface area contributed by atoms with Crippen LogP contribution < -0.4 is 16.0 Å². The molecular formula is C24H31FN6O2. The molecule has 4 N–H and O–H groups in total. The minimum Gasteiger partial charge on any atom is -0.390 e. The predicted molar refractivity (Wildman–Crippen MR) is 125 cm³/mol. The summed E-state index contributed by atoms with van der Waals surface area (Å²) in [7, 11) is 0. The Kier molecular flexibility index (Phi) is 7.18. The Morgan fingerprint density at radius 1 is 1.30 bits per heavy atom. The van der Waals surface area contributed by atoms with E-state index in [2.05, 4.69) is 39.8 Å². The highest BCUT2D eigenvalue weighted by Gasteiger charge is 2.53. The molecule has 0 unspecified atom stereocenters. The van der Waals surface area contributed by atoms with Crippen molar-refractivity contribution in [2.75, 3.05) is 23.7 Å². The molecule has 0 bridgehead atoms. The van der Waals surface area contributed by atoms with Gasteiger partial charge in [-0.05, 0) is 45.1 Å². The van der Waals surface area contributed by atoms with E-state index in [4.69, 9.17) is 5.26 Å². The fraction of sp³-hybridized carbons (Fsp3) is 0.500. The van der Waals surface area contributed by atoms with E-state index in [0.29, 0.717) is 36.1 Å². The average Bonchev–Trinajstić information content (AvgIpc) is 3.55. The van der Waals surface area contributed by atoms with Gasteiger partial charge in [-0.2, -0.15) is 5.26 Å². The Morgan fingerprint density at radius 2 is 2.03 bits per heavy atom. The Bertz CT molecular complexity index is 1050. The van der Waals surface area contributed by atoms with E-state index in [1.54, 1.807) is 19.9 Å². The van der Waals surface area contributed by atoms with E-state index in [9.17, 15) is 14.3 Å². The molecule has 0 spiro atoms. The molecule has 0 aromatic carbocycles. The van der Waals surface area contributed by atoms with E-state index in [1.807, 2.05) is 6.07 Å². The highest BCUT2D eigenvalue weighted by Crippen LogP contribution is 2.53. The van der Waals surface area contributed by atoms with Crippen LogP contribution in [0.5, 0.6) is 0 Å². The van der Waals surface area contributed by atoms with Gasteiger partial charge in [0.2, 0.25) is 0 Å². The molecule has 8 nitrogen and oxygen atoms in total. The van der Waals surface area contributed by atoms with Gasteiger partial charge in [-0.15, -0.1) is 0 Å². The summed E-state index contributed by atoms with van der Waals surface area (Å²) in [6.07, 6.45) is 5.33. The number of rotatable bonds is 10. The summed E-state index contributed by atoms with van der Waals surface area (Å²) in [6, 6.07) is 4.57. The van der Waals surface area contributed by atoms with Gasteiger partial charge in [-0.25, -0.2) is 14.4 Å². The number of aromatic nitrogens is 2. The predicted octanol–water partition coefficient (Wildman–Crippen LogP) is 3.97. The smallest absolute Gasteiger partial charge is 0.254 e. The number of carbonyl (C=O) groups excluding carboxylic acids is 1. The topological polar surface area (TPSA) is 123 Å². The fourth-order valence-electron chi connectivity index (χ4n) is 3.56. The van der Waals surface area contributed by atoms with Crippen LogP contribution in [-0.4, -0.2) is 39.7 Å². The molecule has 1 aliphatic rings. The first-order valence-electron chi connectivity index (χ1n) is 11.1. The van der Waals surface area contributed by atoms with Gasteiger partial charge in [0.1, 0.15) is 11.9 Å². The van der Waals surface area contributed by atoms with Crippen molar-refractivity contribution in [3.63, 3.8) is 0 Å². The van der Waals surface area contributed by atoms with Gasteiger partial charge in [0.25, 0.3) is 5.91 Å². The maximum atomic E-state index is 14.2. The molecule has 176 valence electrons. The first-order valence-corrected chi connectivity index (χ1v) is 11.1. The second-order valence-corrected chi connectivity index (χ2v) is 9.54. The first-order chi connectivity index (χ1) is 15.5. The number of pyridine rings is 2. The van der Waals surface area contributed by atoms with Gasteiger partial charge in [-0.3, -0.25) is 4.79 Å². The Labute approximate surface area is 193 Å². The zero-order valence-corrected chi connectivity index (χ0v) is 19.5. The van der Waals surface area contributed by atoms with Crippen molar-refractivity contribution >= 4 is 23.2 Å². The highest BCUT2D eigenvalue weighted by molar-refractivity contribution is 5.99. The summed E-state index contributed by atoms with van der Waals surface area (Å²) < 4.78 is 14.2. The SMILES string of the molecule is CC(C)CCNc1cc(Nc2ncc(C#N)cc2F)ncc1C(=O)NCC1(C(C)(C)O)CC1. The van der Waals surface area contributed by atoms with Crippen molar-refractivity contribution < 1.29 is 14.3 Å². The minimum atomic E-state index is -0.872. The van der Waals surface area contributed by atoms with Gasteiger partial charge >= 0.3 is 0 Å². The lowest BCUT2D eigenvalue weighted by Gasteiger charge is -2.29. The maximum absolute atomic E-state index is 14.2. The number of nitrogens with one attached hydrogen (secondary N) is 3. The second-order valence-electron chi connectivity index (χ2n) is 9.54. The van der Waals surface area contributed by atoms with Crippen LogP contribution in [0.15, 0.2) is 24.5 Å². The van der Waals surface area contributed by atoms with E-state index >= 15 is 0 Å². The summed E-state index contributed by atoms with van der Waals surface area (Å²) in [5, 5.41) is 28.3. The van der Waals surface area contributed by atoms with Crippen molar-refractivity contribution in [2.24, 2.45) is 11.3 Å². The van der Waals surface area contributed by atoms with Gasteiger partial charge in [0, 0.05) is 37.0 Å². The molecule has 1 aliphatic carbocycles. The summed E-state index contributed by atoms with van der Waals surface area (Å²) in [5.41, 5.74) is -0.129. The second kappa shape index (κ2) is 9.71. The van der Waals surface area contributed by atoms with E-state index < -0.39 is 11.4 Å². The molecule has 2 aromatic rings. The molecule has 3 rings (SSSR count). The normalized spacial score (nSPS) is 14.5. The molecule has 0 saturated heterocycles. The molecule has 2 heterocycles. The number of nitrogens with zero attached hydrogens (tertiary/aromatic N) is 3. The molecule has 33 heavy (non-hydrogen) atoms. The monoisotopic (exact) mass is 454 g/mol. The lowest BCUT2D eigenvalue weighted by molar-refractivity contribution is 0.00303.